The van der Waals surface area contributed by atoms with Crippen molar-refractivity contribution in [1.82, 2.24) is 5.16 Å². The van der Waals surface area contributed by atoms with E-state index in [2.05, 4.69) is 5.16 Å². The lowest BCUT2D eigenvalue weighted by Gasteiger charge is -2.35. The number of aliphatic hydroxyl groups is 1. The van der Waals surface area contributed by atoms with E-state index in [0.29, 0.717) is 48.7 Å². The van der Waals surface area contributed by atoms with Crippen LogP contribution in [0.25, 0.3) is 11.3 Å². The SMILES string of the molecule is COc1ccc(C(=O)C2=C(O)C(=O)N(c3ccc(-c4ccon4)cc3)C2C2CCOCC2)cc1. The summed E-state index contributed by atoms with van der Waals surface area (Å²) in [5.74, 6) is -0.867. The van der Waals surface area contributed by atoms with Crippen molar-refractivity contribution in [2.24, 2.45) is 5.92 Å². The Labute approximate surface area is 196 Å². The Balaban J connectivity index is 1.53. The van der Waals surface area contributed by atoms with Gasteiger partial charge in [-0.2, -0.15) is 0 Å². The second-order valence-electron chi connectivity index (χ2n) is 8.32. The molecule has 2 aromatic carbocycles. The molecule has 174 valence electrons. The number of hydrogen-bond donors (Lipinski definition) is 1. The Bertz CT molecular complexity index is 1210. The van der Waals surface area contributed by atoms with Crippen LogP contribution in [0.15, 0.2) is 76.7 Å². The molecule has 0 radical (unpaired) electrons. The highest BCUT2D eigenvalue weighted by Gasteiger charge is 2.47. The molecule has 8 heteroatoms. The second-order valence-corrected chi connectivity index (χ2v) is 8.32. The predicted octanol–water partition coefficient (Wildman–Crippen LogP) is 4.19. The molecule has 3 heterocycles. The smallest absolute Gasteiger partial charge is 0.294 e. The number of ether oxygens (including phenoxy) is 2. The standard InChI is InChI=1S/C26H24N2O6/c1-32-20-8-4-18(5-9-20)24(29)22-23(17-10-13-33-14-11-17)28(26(31)25(22)30)19-6-2-16(3-7-19)21-12-15-34-27-21/h2-9,12,15,17,23,30H,10-11,13-14H2,1H3. The average molecular weight is 460 g/mol. The van der Waals surface area contributed by atoms with Gasteiger partial charge in [-0.3, -0.25) is 14.5 Å². The number of carbonyl (C=O) groups excluding carboxylic acids is 2. The summed E-state index contributed by atoms with van der Waals surface area (Å²) in [4.78, 5) is 28.4. The Morgan fingerprint density at radius 3 is 2.38 bits per heavy atom. The van der Waals surface area contributed by atoms with Gasteiger partial charge in [-0.25, -0.2) is 0 Å². The van der Waals surface area contributed by atoms with E-state index in [9.17, 15) is 14.7 Å². The fourth-order valence-corrected chi connectivity index (χ4v) is 4.67. The molecule has 1 aromatic heterocycles. The van der Waals surface area contributed by atoms with Crippen molar-refractivity contribution in [1.29, 1.82) is 0 Å². The third kappa shape index (κ3) is 3.86. The number of carbonyl (C=O) groups is 2. The van der Waals surface area contributed by atoms with Gasteiger partial charge in [0.15, 0.2) is 11.5 Å². The summed E-state index contributed by atoms with van der Waals surface area (Å²) in [7, 11) is 1.55. The zero-order valence-electron chi connectivity index (χ0n) is 18.6. The van der Waals surface area contributed by atoms with E-state index >= 15 is 0 Å². The number of Topliss-reactive ketones (excluding diaryl/α,β-unsaturated/α-hetero) is 1. The van der Waals surface area contributed by atoms with Gasteiger partial charge in [0, 0.05) is 36.1 Å². The largest absolute Gasteiger partial charge is 0.503 e. The number of ketones is 1. The van der Waals surface area contributed by atoms with Gasteiger partial charge in [0.25, 0.3) is 5.91 Å². The van der Waals surface area contributed by atoms with Crippen LogP contribution in [-0.4, -0.2) is 48.3 Å². The molecule has 5 rings (SSSR count). The van der Waals surface area contributed by atoms with Crippen LogP contribution in [0.4, 0.5) is 5.69 Å². The number of benzene rings is 2. The fraction of sp³-hybridized carbons (Fsp3) is 0.269. The minimum Gasteiger partial charge on any atom is -0.503 e. The third-order valence-electron chi connectivity index (χ3n) is 6.44. The zero-order valence-corrected chi connectivity index (χ0v) is 18.6. The van der Waals surface area contributed by atoms with Crippen molar-refractivity contribution in [3.05, 3.63) is 77.8 Å². The molecule has 1 saturated heterocycles. The number of aromatic nitrogens is 1. The van der Waals surface area contributed by atoms with Gasteiger partial charge in [0.05, 0.1) is 18.7 Å². The maximum atomic E-state index is 13.6. The van der Waals surface area contributed by atoms with Crippen molar-refractivity contribution in [3.8, 4) is 17.0 Å². The number of methoxy groups -OCH3 is 1. The molecule has 1 N–H and O–H groups in total. The van der Waals surface area contributed by atoms with Crippen molar-refractivity contribution in [3.63, 3.8) is 0 Å². The minimum atomic E-state index is -0.594. The molecule has 1 atom stereocenters. The van der Waals surface area contributed by atoms with Crippen LogP contribution in [0.5, 0.6) is 5.75 Å². The number of amides is 1. The van der Waals surface area contributed by atoms with Gasteiger partial charge in [-0.1, -0.05) is 17.3 Å². The molecule has 1 amide bonds. The Kier molecular flexibility index (Phi) is 5.90. The Morgan fingerprint density at radius 2 is 1.76 bits per heavy atom. The van der Waals surface area contributed by atoms with Gasteiger partial charge < -0.3 is 19.1 Å². The molecule has 1 fully saturated rings. The lowest BCUT2D eigenvalue weighted by atomic mass is 9.84. The summed E-state index contributed by atoms with van der Waals surface area (Å²) in [6.07, 6.45) is 2.85. The quantitative estimate of drug-likeness (QED) is 0.551. The highest BCUT2D eigenvalue weighted by Crippen LogP contribution is 2.39. The first-order valence-electron chi connectivity index (χ1n) is 11.1. The van der Waals surface area contributed by atoms with Gasteiger partial charge in [0.1, 0.15) is 17.7 Å². The summed E-state index contributed by atoms with van der Waals surface area (Å²) in [5.41, 5.74) is 2.62. The summed E-state index contributed by atoms with van der Waals surface area (Å²) < 4.78 is 15.6. The van der Waals surface area contributed by atoms with Gasteiger partial charge in [0.2, 0.25) is 0 Å². The summed E-state index contributed by atoms with van der Waals surface area (Å²) >= 11 is 0. The van der Waals surface area contributed by atoms with Crippen molar-refractivity contribution < 1.29 is 28.7 Å². The predicted molar refractivity (Wildman–Crippen MR) is 124 cm³/mol. The first-order chi connectivity index (χ1) is 16.6. The van der Waals surface area contributed by atoms with E-state index in [1.807, 2.05) is 12.1 Å². The number of rotatable bonds is 6. The van der Waals surface area contributed by atoms with Gasteiger partial charge in [-0.15, -0.1) is 0 Å². The van der Waals surface area contributed by atoms with Crippen LogP contribution in [-0.2, 0) is 9.53 Å². The fourth-order valence-electron chi connectivity index (χ4n) is 4.67. The molecular formula is C26H24N2O6. The van der Waals surface area contributed by atoms with E-state index < -0.39 is 17.7 Å². The second kappa shape index (κ2) is 9.15. The van der Waals surface area contributed by atoms with Crippen LogP contribution in [0.1, 0.15) is 23.2 Å². The maximum absolute atomic E-state index is 13.6. The van der Waals surface area contributed by atoms with Crippen molar-refractivity contribution in [2.75, 3.05) is 25.2 Å². The summed E-state index contributed by atoms with van der Waals surface area (Å²) in [6, 6.07) is 15.1. The molecule has 2 aliphatic heterocycles. The van der Waals surface area contributed by atoms with Crippen molar-refractivity contribution >= 4 is 17.4 Å². The van der Waals surface area contributed by atoms with E-state index in [-0.39, 0.29) is 17.3 Å². The number of anilines is 1. The molecule has 8 nitrogen and oxygen atoms in total. The van der Waals surface area contributed by atoms with Gasteiger partial charge in [-0.05, 0) is 55.2 Å². The molecule has 2 aliphatic rings. The molecule has 0 spiro atoms. The third-order valence-corrected chi connectivity index (χ3v) is 6.44. The van der Waals surface area contributed by atoms with Crippen LogP contribution in [0.2, 0.25) is 0 Å². The molecular weight excluding hydrogens is 436 g/mol. The van der Waals surface area contributed by atoms with Crippen LogP contribution in [0, 0.1) is 5.92 Å². The number of nitrogens with zero attached hydrogens (tertiary/aromatic N) is 2. The molecule has 1 unspecified atom stereocenters. The Morgan fingerprint density at radius 1 is 1.06 bits per heavy atom. The monoisotopic (exact) mass is 460 g/mol. The normalized spacial score (nSPS) is 19.0. The van der Waals surface area contributed by atoms with Crippen LogP contribution < -0.4 is 9.64 Å². The van der Waals surface area contributed by atoms with E-state index in [0.717, 1.165) is 5.56 Å². The van der Waals surface area contributed by atoms with Gasteiger partial charge >= 0.3 is 0 Å². The zero-order chi connectivity index (χ0) is 23.7. The number of hydrogen-bond acceptors (Lipinski definition) is 7. The molecule has 0 bridgehead atoms. The molecule has 0 saturated carbocycles. The topological polar surface area (TPSA) is 102 Å². The van der Waals surface area contributed by atoms with E-state index in [1.54, 1.807) is 49.6 Å². The van der Waals surface area contributed by atoms with E-state index in [4.69, 9.17) is 14.0 Å². The lowest BCUT2D eigenvalue weighted by molar-refractivity contribution is -0.117. The maximum Gasteiger partial charge on any atom is 0.294 e. The first kappa shape index (κ1) is 21.9. The van der Waals surface area contributed by atoms with E-state index in [1.165, 1.54) is 11.2 Å². The molecule has 34 heavy (non-hydrogen) atoms. The molecule has 3 aromatic rings. The highest BCUT2D eigenvalue weighted by atomic mass is 16.5. The minimum absolute atomic E-state index is 0.0326. The Hall–Kier alpha value is -3.91. The summed E-state index contributed by atoms with van der Waals surface area (Å²) in [6.45, 7) is 1.08. The number of aliphatic hydroxyl groups excluding tert-OH is 1. The average Bonchev–Trinajstić information content (AvgIpc) is 3.52. The highest BCUT2D eigenvalue weighted by molar-refractivity contribution is 6.20. The summed E-state index contributed by atoms with van der Waals surface area (Å²) in [5, 5.41) is 14.9. The van der Waals surface area contributed by atoms with Crippen LogP contribution >= 0.6 is 0 Å². The van der Waals surface area contributed by atoms with Crippen LogP contribution in [0.3, 0.4) is 0 Å². The van der Waals surface area contributed by atoms with Crippen molar-refractivity contribution in [2.45, 2.75) is 18.9 Å². The molecule has 0 aliphatic carbocycles. The lowest BCUT2D eigenvalue weighted by Crippen LogP contribution is -2.44. The first-order valence-corrected chi connectivity index (χ1v) is 11.1.